The summed E-state index contributed by atoms with van der Waals surface area (Å²) in [7, 11) is 1.22. The predicted octanol–water partition coefficient (Wildman–Crippen LogP) is 2.53. The van der Waals surface area contributed by atoms with Gasteiger partial charge in [-0.15, -0.1) is 11.3 Å². The van der Waals surface area contributed by atoms with Crippen LogP contribution in [0.1, 0.15) is 21.5 Å². The number of nitrogen functional groups attached to an aromatic ring is 1. The highest BCUT2D eigenvalue weighted by atomic mass is 32.1. The molecule has 0 amide bonds. The van der Waals surface area contributed by atoms with E-state index in [1.165, 1.54) is 24.5 Å². The number of hydrogen-bond donors (Lipinski definition) is 1. The average Bonchev–Trinajstić information content (AvgIpc) is 2.99. The number of nitrogens with two attached hydrogens (primary N) is 1. The molecule has 1 heterocycles. The van der Waals surface area contributed by atoms with E-state index in [9.17, 15) is 10.1 Å². The molecule has 0 aliphatic carbocycles. The second-order valence-electron chi connectivity index (χ2n) is 3.83. The van der Waals surface area contributed by atoms with Gasteiger partial charge in [-0.1, -0.05) is 6.07 Å². The van der Waals surface area contributed by atoms with Crippen LogP contribution in [-0.4, -0.2) is 13.1 Å². The maximum atomic E-state index is 11.8. The van der Waals surface area contributed by atoms with E-state index in [2.05, 4.69) is 4.74 Å². The lowest BCUT2D eigenvalue weighted by atomic mass is 9.96. The summed E-state index contributed by atoms with van der Waals surface area (Å²) in [5.41, 5.74) is 6.61. The van der Waals surface area contributed by atoms with Gasteiger partial charge in [0.05, 0.1) is 29.5 Å². The Kier molecular flexibility index (Phi) is 3.69. The van der Waals surface area contributed by atoms with Crippen molar-refractivity contribution in [3.05, 3.63) is 40.3 Å². The molecule has 5 nitrogen and oxygen atoms in total. The van der Waals surface area contributed by atoms with Crippen LogP contribution in [0.5, 0.6) is 0 Å². The highest BCUT2D eigenvalue weighted by Crippen LogP contribution is 2.34. The van der Waals surface area contributed by atoms with Crippen LogP contribution in [0.3, 0.4) is 0 Å². The molecule has 0 saturated carbocycles. The van der Waals surface area contributed by atoms with E-state index < -0.39 is 5.97 Å². The van der Waals surface area contributed by atoms with E-state index in [-0.39, 0.29) is 22.4 Å². The maximum absolute atomic E-state index is 11.8. The fourth-order valence-electron chi connectivity index (χ4n) is 1.84. The number of esters is 1. The molecule has 1 aromatic heterocycles. The van der Waals surface area contributed by atoms with Gasteiger partial charge in [0.1, 0.15) is 12.1 Å². The molecule has 2 aromatic rings. The Bertz CT molecular complexity index is 752. The molecule has 0 aliphatic heterocycles. The zero-order valence-corrected chi connectivity index (χ0v) is 11.3. The third-order valence-corrected chi connectivity index (χ3v) is 3.68. The second kappa shape index (κ2) is 5.43. The molecule has 0 aliphatic rings. The molecule has 6 heteroatoms. The van der Waals surface area contributed by atoms with Crippen LogP contribution >= 0.6 is 11.3 Å². The Balaban J connectivity index is 2.83. The van der Waals surface area contributed by atoms with Crippen molar-refractivity contribution in [2.45, 2.75) is 0 Å². The summed E-state index contributed by atoms with van der Waals surface area (Å²) in [6.45, 7) is 0. The van der Waals surface area contributed by atoms with Gasteiger partial charge in [0.2, 0.25) is 0 Å². The normalized spacial score (nSPS) is 9.55. The van der Waals surface area contributed by atoms with Crippen LogP contribution in [0.25, 0.3) is 10.4 Å². The first-order valence-corrected chi connectivity index (χ1v) is 6.40. The fraction of sp³-hybridized carbons (Fsp3) is 0.0714. The van der Waals surface area contributed by atoms with E-state index in [1.807, 2.05) is 29.7 Å². The van der Waals surface area contributed by atoms with Crippen molar-refractivity contribution >= 4 is 23.0 Å². The molecular weight excluding hydrogens is 274 g/mol. The van der Waals surface area contributed by atoms with Gasteiger partial charge in [-0.3, -0.25) is 0 Å². The standard InChI is InChI=1S/C14H9N3O2S/c1-19-14(18)9-5-8(12-3-2-4-20-12)10(6-15)13(17)11(9)7-16/h2-5H,17H2,1H3. The monoisotopic (exact) mass is 283 g/mol. The number of nitrogens with zero attached hydrogens (tertiary/aromatic N) is 2. The van der Waals surface area contributed by atoms with Crippen molar-refractivity contribution in [2.75, 3.05) is 12.8 Å². The lowest BCUT2D eigenvalue weighted by Crippen LogP contribution is -2.09. The number of carbonyl (C=O) groups excluding carboxylic acids is 1. The Morgan fingerprint density at radius 1 is 1.35 bits per heavy atom. The van der Waals surface area contributed by atoms with Crippen LogP contribution in [-0.2, 0) is 4.74 Å². The maximum Gasteiger partial charge on any atom is 0.339 e. The highest BCUT2D eigenvalue weighted by molar-refractivity contribution is 7.13. The van der Waals surface area contributed by atoms with E-state index >= 15 is 0 Å². The van der Waals surface area contributed by atoms with Gasteiger partial charge in [0.25, 0.3) is 0 Å². The van der Waals surface area contributed by atoms with E-state index in [0.717, 1.165) is 4.88 Å². The molecule has 0 atom stereocenters. The van der Waals surface area contributed by atoms with E-state index in [0.29, 0.717) is 5.56 Å². The van der Waals surface area contributed by atoms with E-state index in [1.54, 1.807) is 0 Å². The summed E-state index contributed by atoms with van der Waals surface area (Å²) in [5.74, 6) is -0.657. The first-order valence-electron chi connectivity index (χ1n) is 5.52. The molecule has 20 heavy (non-hydrogen) atoms. The fourth-order valence-corrected chi connectivity index (χ4v) is 2.59. The van der Waals surface area contributed by atoms with Gasteiger partial charge in [-0.2, -0.15) is 10.5 Å². The number of anilines is 1. The summed E-state index contributed by atoms with van der Waals surface area (Å²) < 4.78 is 4.65. The smallest absolute Gasteiger partial charge is 0.339 e. The number of hydrogen-bond acceptors (Lipinski definition) is 6. The van der Waals surface area contributed by atoms with Crippen LogP contribution in [0, 0.1) is 22.7 Å². The average molecular weight is 283 g/mol. The Morgan fingerprint density at radius 2 is 2.05 bits per heavy atom. The molecule has 0 spiro atoms. The van der Waals surface area contributed by atoms with Crippen LogP contribution in [0.2, 0.25) is 0 Å². The summed E-state index contributed by atoms with van der Waals surface area (Å²) in [5, 5.41) is 20.2. The second-order valence-corrected chi connectivity index (χ2v) is 4.78. The zero-order chi connectivity index (χ0) is 14.7. The lowest BCUT2D eigenvalue weighted by Gasteiger charge is -2.10. The van der Waals surface area contributed by atoms with Gasteiger partial charge in [-0.05, 0) is 17.5 Å². The number of thiophene rings is 1. The SMILES string of the molecule is COC(=O)c1cc(-c2cccs2)c(C#N)c(N)c1C#N. The Labute approximate surface area is 119 Å². The quantitative estimate of drug-likeness (QED) is 0.674. The van der Waals surface area contributed by atoms with Gasteiger partial charge in [0.15, 0.2) is 0 Å². The van der Waals surface area contributed by atoms with Crippen molar-refractivity contribution in [2.24, 2.45) is 0 Å². The molecule has 98 valence electrons. The Morgan fingerprint density at radius 3 is 2.55 bits per heavy atom. The van der Waals surface area contributed by atoms with Gasteiger partial charge in [-0.25, -0.2) is 4.79 Å². The topological polar surface area (TPSA) is 99.9 Å². The minimum atomic E-state index is -0.657. The number of carbonyl (C=O) groups is 1. The Hall–Kier alpha value is -2.83. The molecule has 2 N–H and O–H groups in total. The zero-order valence-electron chi connectivity index (χ0n) is 10.5. The number of methoxy groups -OCH3 is 1. The molecular formula is C14H9N3O2S. The first kappa shape index (κ1) is 13.6. The molecule has 1 aromatic carbocycles. The minimum absolute atomic E-state index is 0.00120. The predicted molar refractivity (Wildman–Crippen MR) is 74.9 cm³/mol. The largest absolute Gasteiger partial charge is 0.465 e. The number of benzene rings is 1. The number of ether oxygens (including phenoxy) is 1. The molecule has 0 saturated heterocycles. The third-order valence-electron chi connectivity index (χ3n) is 2.78. The number of rotatable bonds is 2. The molecule has 0 bridgehead atoms. The van der Waals surface area contributed by atoms with Crippen LogP contribution in [0.4, 0.5) is 5.69 Å². The van der Waals surface area contributed by atoms with Crippen molar-refractivity contribution in [3.8, 4) is 22.6 Å². The molecule has 0 unspecified atom stereocenters. The van der Waals surface area contributed by atoms with Crippen molar-refractivity contribution in [1.29, 1.82) is 10.5 Å². The summed E-state index contributed by atoms with van der Waals surface area (Å²) in [4.78, 5) is 12.6. The summed E-state index contributed by atoms with van der Waals surface area (Å²) in [6, 6.07) is 8.96. The summed E-state index contributed by atoms with van der Waals surface area (Å²) in [6.07, 6.45) is 0. The minimum Gasteiger partial charge on any atom is -0.465 e. The first-order chi connectivity index (χ1) is 9.63. The van der Waals surface area contributed by atoms with Crippen LogP contribution < -0.4 is 5.73 Å². The third kappa shape index (κ3) is 2.09. The van der Waals surface area contributed by atoms with Gasteiger partial charge in [0, 0.05) is 10.4 Å². The highest BCUT2D eigenvalue weighted by Gasteiger charge is 2.21. The molecule has 0 fully saturated rings. The van der Waals surface area contributed by atoms with Crippen molar-refractivity contribution in [3.63, 3.8) is 0 Å². The van der Waals surface area contributed by atoms with Crippen molar-refractivity contribution < 1.29 is 9.53 Å². The number of nitriles is 2. The van der Waals surface area contributed by atoms with E-state index in [4.69, 9.17) is 11.0 Å². The van der Waals surface area contributed by atoms with Gasteiger partial charge < -0.3 is 10.5 Å². The molecule has 2 rings (SSSR count). The summed E-state index contributed by atoms with van der Waals surface area (Å²) >= 11 is 1.41. The van der Waals surface area contributed by atoms with Crippen LogP contribution in [0.15, 0.2) is 23.6 Å². The van der Waals surface area contributed by atoms with Crippen molar-refractivity contribution in [1.82, 2.24) is 0 Å². The van der Waals surface area contributed by atoms with Gasteiger partial charge >= 0.3 is 5.97 Å². The molecule has 0 radical (unpaired) electrons. The lowest BCUT2D eigenvalue weighted by molar-refractivity contribution is 0.0600.